The summed E-state index contributed by atoms with van der Waals surface area (Å²) in [5.41, 5.74) is 1.15. The smallest absolute Gasteiger partial charge is 0.119 e. The van der Waals surface area contributed by atoms with Gasteiger partial charge in [-0.1, -0.05) is 13.8 Å². The topological polar surface area (TPSA) is 44.7 Å². The average molecular weight is 266 g/mol. The normalized spacial score (nSPS) is 12.5. The summed E-state index contributed by atoms with van der Waals surface area (Å²) in [7, 11) is 3.73. The number of benzene rings is 1. The van der Waals surface area contributed by atoms with Gasteiger partial charge in [-0.25, -0.2) is 0 Å². The molecule has 1 unspecified atom stereocenters. The highest BCUT2D eigenvalue weighted by atomic mass is 16.5. The number of methoxy groups -OCH3 is 1. The van der Waals surface area contributed by atoms with E-state index in [1.54, 1.807) is 7.11 Å². The molecule has 0 amide bonds. The van der Waals surface area contributed by atoms with E-state index < -0.39 is 0 Å². The maximum atomic E-state index is 9.33. The van der Waals surface area contributed by atoms with Crippen LogP contribution in [0.15, 0.2) is 24.3 Å². The summed E-state index contributed by atoms with van der Waals surface area (Å²) < 4.78 is 5.15. The van der Waals surface area contributed by atoms with E-state index in [0.717, 1.165) is 24.4 Å². The van der Waals surface area contributed by atoms with Crippen molar-refractivity contribution in [1.82, 2.24) is 5.32 Å². The predicted molar refractivity (Wildman–Crippen MR) is 80.0 cm³/mol. The van der Waals surface area contributed by atoms with Gasteiger partial charge >= 0.3 is 0 Å². The molecule has 0 heterocycles. The monoisotopic (exact) mass is 266 g/mol. The summed E-state index contributed by atoms with van der Waals surface area (Å²) >= 11 is 0. The number of anilines is 1. The molecule has 4 heteroatoms. The van der Waals surface area contributed by atoms with E-state index in [2.05, 4.69) is 31.1 Å². The number of hydrogen-bond acceptors (Lipinski definition) is 4. The fraction of sp³-hybridized carbons (Fsp3) is 0.600. The van der Waals surface area contributed by atoms with Crippen molar-refractivity contribution >= 4 is 5.69 Å². The van der Waals surface area contributed by atoms with Gasteiger partial charge in [-0.15, -0.1) is 0 Å². The Balaban J connectivity index is 2.46. The highest BCUT2D eigenvalue weighted by molar-refractivity contribution is 5.48. The second kappa shape index (κ2) is 8.02. The van der Waals surface area contributed by atoms with Gasteiger partial charge in [0.05, 0.1) is 13.7 Å². The summed E-state index contributed by atoms with van der Waals surface area (Å²) in [5, 5.41) is 12.7. The summed E-state index contributed by atoms with van der Waals surface area (Å²) in [6, 6.07) is 8.55. The molecule has 0 aliphatic rings. The largest absolute Gasteiger partial charge is 0.497 e. The Morgan fingerprint density at radius 3 is 2.37 bits per heavy atom. The third kappa shape index (κ3) is 5.49. The first-order chi connectivity index (χ1) is 9.06. The molecule has 2 N–H and O–H groups in total. The van der Waals surface area contributed by atoms with E-state index in [4.69, 9.17) is 4.74 Å². The molecule has 0 saturated heterocycles. The fourth-order valence-corrected chi connectivity index (χ4v) is 2.01. The molecule has 0 saturated carbocycles. The van der Waals surface area contributed by atoms with Crippen LogP contribution < -0.4 is 15.0 Å². The SMILES string of the molecule is COc1ccc(N(C)CCC(CO)NC(C)C)cc1. The van der Waals surface area contributed by atoms with Gasteiger partial charge in [-0.2, -0.15) is 0 Å². The maximum Gasteiger partial charge on any atom is 0.119 e. The molecule has 0 aromatic heterocycles. The lowest BCUT2D eigenvalue weighted by molar-refractivity contribution is 0.229. The zero-order valence-corrected chi connectivity index (χ0v) is 12.4. The van der Waals surface area contributed by atoms with Crippen molar-refractivity contribution in [3.05, 3.63) is 24.3 Å². The Morgan fingerprint density at radius 2 is 1.89 bits per heavy atom. The first-order valence-electron chi connectivity index (χ1n) is 6.79. The molecule has 1 atom stereocenters. The minimum absolute atomic E-state index is 0.153. The Hall–Kier alpha value is -1.26. The van der Waals surface area contributed by atoms with Gasteiger partial charge < -0.3 is 20.1 Å². The Kier molecular flexibility index (Phi) is 6.67. The first-order valence-corrected chi connectivity index (χ1v) is 6.79. The van der Waals surface area contributed by atoms with Crippen molar-refractivity contribution in [3.8, 4) is 5.75 Å². The van der Waals surface area contributed by atoms with Crippen LogP contribution in [0.1, 0.15) is 20.3 Å². The lowest BCUT2D eigenvalue weighted by atomic mass is 10.2. The molecule has 1 aromatic rings. The van der Waals surface area contributed by atoms with Crippen LogP contribution >= 0.6 is 0 Å². The van der Waals surface area contributed by atoms with Crippen molar-refractivity contribution in [2.24, 2.45) is 0 Å². The maximum absolute atomic E-state index is 9.33. The van der Waals surface area contributed by atoms with Gasteiger partial charge in [0, 0.05) is 31.4 Å². The highest BCUT2D eigenvalue weighted by Crippen LogP contribution is 2.18. The second-order valence-electron chi connectivity index (χ2n) is 5.11. The molecule has 0 radical (unpaired) electrons. The molecule has 1 aromatic carbocycles. The van der Waals surface area contributed by atoms with Crippen LogP contribution in [0.3, 0.4) is 0 Å². The zero-order chi connectivity index (χ0) is 14.3. The van der Waals surface area contributed by atoms with Crippen molar-refractivity contribution in [2.45, 2.75) is 32.4 Å². The number of nitrogens with zero attached hydrogens (tertiary/aromatic N) is 1. The molecule has 4 nitrogen and oxygen atoms in total. The quantitative estimate of drug-likeness (QED) is 0.754. The predicted octanol–water partition coefficient (Wildman–Crippen LogP) is 1.88. The minimum Gasteiger partial charge on any atom is -0.497 e. The van der Waals surface area contributed by atoms with Gasteiger partial charge in [-0.3, -0.25) is 0 Å². The van der Waals surface area contributed by atoms with Crippen molar-refractivity contribution in [3.63, 3.8) is 0 Å². The van der Waals surface area contributed by atoms with Crippen molar-refractivity contribution < 1.29 is 9.84 Å². The second-order valence-corrected chi connectivity index (χ2v) is 5.11. The Morgan fingerprint density at radius 1 is 1.26 bits per heavy atom. The van der Waals surface area contributed by atoms with E-state index in [9.17, 15) is 5.11 Å². The molecule has 19 heavy (non-hydrogen) atoms. The van der Waals surface area contributed by atoms with E-state index in [-0.39, 0.29) is 12.6 Å². The van der Waals surface area contributed by atoms with Crippen LogP contribution in [0.5, 0.6) is 5.75 Å². The van der Waals surface area contributed by atoms with E-state index in [1.807, 2.05) is 24.3 Å². The lowest BCUT2D eigenvalue weighted by Crippen LogP contribution is -2.39. The van der Waals surface area contributed by atoms with Crippen molar-refractivity contribution in [1.29, 1.82) is 0 Å². The Labute approximate surface area is 116 Å². The summed E-state index contributed by atoms with van der Waals surface area (Å²) in [4.78, 5) is 2.18. The van der Waals surface area contributed by atoms with Gasteiger partial charge in [0.2, 0.25) is 0 Å². The van der Waals surface area contributed by atoms with Gasteiger partial charge in [0.25, 0.3) is 0 Å². The van der Waals surface area contributed by atoms with Gasteiger partial charge in [0.15, 0.2) is 0 Å². The average Bonchev–Trinajstić information content (AvgIpc) is 2.42. The number of aliphatic hydroxyl groups is 1. The molecule has 1 rings (SSSR count). The number of ether oxygens (including phenoxy) is 1. The van der Waals surface area contributed by atoms with Crippen LogP contribution in [0.2, 0.25) is 0 Å². The molecule has 108 valence electrons. The Bertz CT molecular complexity index is 352. The molecule has 0 fully saturated rings. The first kappa shape index (κ1) is 15.8. The van der Waals surface area contributed by atoms with Crippen LogP contribution in [-0.2, 0) is 0 Å². The van der Waals surface area contributed by atoms with Gasteiger partial charge in [-0.05, 0) is 30.7 Å². The van der Waals surface area contributed by atoms with Crippen LogP contribution in [-0.4, -0.2) is 44.5 Å². The third-order valence-corrected chi connectivity index (χ3v) is 3.12. The number of rotatable bonds is 8. The molecule has 0 aliphatic carbocycles. The molecular formula is C15H26N2O2. The fourth-order valence-electron chi connectivity index (χ4n) is 2.01. The van der Waals surface area contributed by atoms with Gasteiger partial charge in [0.1, 0.15) is 5.75 Å². The van der Waals surface area contributed by atoms with Crippen LogP contribution in [0.25, 0.3) is 0 Å². The van der Waals surface area contributed by atoms with Crippen LogP contribution in [0.4, 0.5) is 5.69 Å². The molecule has 0 spiro atoms. The third-order valence-electron chi connectivity index (χ3n) is 3.12. The molecule has 0 aliphatic heterocycles. The van der Waals surface area contributed by atoms with E-state index >= 15 is 0 Å². The summed E-state index contributed by atoms with van der Waals surface area (Å²) in [6.07, 6.45) is 0.914. The summed E-state index contributed by atoms with van der Waals surface area (Å²) in [5.74, 6) is 0.867. The minimum atomic E-state index is 0.153. The molecular weight excluding hydrogens is 240 g/mol. The lowest BCUT2D eigenvalue weighted by Gasteiger charge is -2.24. The van der Waals surface area contributed by atoms with E-state index in [0.29, 0.717) is 6.04 Å². The van der Waals surface area contributed by atoms with Crippen molar-refractivity contribution in [2.75, 3.05) is 32.2 Å². The number of aliphatic hydroxyl groups excluding tert-OH is 1. The summed E-state index contributed by atoms with van der Waals surface area (Å²) in [6.45, 7) is 5.26. The standard InChI is InChI=1S/C15H26N2O2/c1-12(2)16-13(11-18)9-10-17(3)14-5-7-15(19-4)8-6-14/h5-8,12-13,16,18H,9-11H2,1-4H3. The van der Waals surface area contributed by atoms with Crippen LogP contribution in [0, 0.1) is 0 Å². The number of hydrogen-bond donors (Lipinski definition) is 2. The zero-order valence-electron chi connectivity index (χ0n) is 12.4. The molecule has 0 bridgehead atoms. The highest BCUT2D eigenvalue weighted by Gasteiger charge is 2.10. The van der Waals surface area contributed by atoms with E-state index in [1.165, 1.54) is 0 Å². The number of nitrogens with one attached hydrogen (secondary N) is 1.